The van der Waals surface area contributed by atoms with Crippen LogP contribution in [0.4, 0.5) is 5.69 Å². The van der Waals surface area contributed by atoms with Gasteiger partial charge in [0, 0.05) is 25.2 Å². The first-order chi connectivity index (χ1) is 10.3. The summed E-state index contributed by atoms with van der Waals surface area (Å²) >= 11 is 0. The maximum atomic E-state index is 12.7. The van der Waals surface area contributed by atoms with E-state index < -0.39 is 0 Å². The highest BCUT2D eigenvalue weighted by molar-refractivity contribution is 6.00. The lowest BCUT2D eigenvalue weighted by Gasteiger charge is -2.40. The van der Waals surface area contributed by atoms with E-state index in [-0.39, 0.29) is 17.9 Å². The molecule has 4 heteroatoms. The van der Waals surface area contributed by atoms with Crippen LogP contribution in [0.15, 0.2) is 18.2 Å². The SMILES string of the molecule is Cc1ccc(N2CCN(C(=O)CC(C)C)C(C)C2=O)c(C)c1. The van der Waals surface area contributed by atoms with Crippen LogP contribution in [0.3, 0.4) is 0 Å². The molecule has 1 aromatic rings. The number of anilines is 1. The number of piperazine rings is 1. The van der Waals surface area contributed by atoms with Gasteiger partial charge in [0.15, 0.2) is 0 Å². The lowest BCUT2D eigenvalue weighted by Crippen LogP contribution is -2.58. The Hall–Kier alpha value is -1.84. The topological polar surface area (TPSA) is 40.6 Å². The maximum absolute atomic E-state index is 12.7. The number of rotatable bonds is 3. The molecule has 0 aliphatic carbocycles. The Kier molecular flexibility index (Phi) is 4.89. The minimum Gasteiger partial charge on any atom is -0.329 e. The van der Waals surface area contributed by atoms with E-state index >= 15 is 0 Å². The molecular weight excluding hydrogens is 276 g/mol. The van der Waals surface area contributed by atoms with Crippen molar-refractivity contribution in [3.8, 4) is 0 Å². The first-order valence-corrected chi connectivity index (χ1v) is 7.99. The highest BCUT2D eigenvalue weighted by Gasteiger charge is 2.35. The molecule has 1 aliphatic rings. The van der Waals surface area contributed by atoms with Crippen molar-refractivity contribution in [1.82, 2.24) is 4.90 Å². The normalized spacial score (nSPS) is 19.0. The third-order valence-corrected chi connectivity index (χ3v) is 4.20. The molecule has 1 fully saturated rings. The van der Waals surface area contributed by atoms with Crippen molar-refractivity contribution < 1.29 is 9.59 Å². The summed E-state index contributed by atoms with van der Waals surface area (Å²) in [6, 6.07) is 5.72. The fraction of sp³-hybridized carbons (Fsp3) is 0.556. The van der Waals surface area contributed by atoms with Crippen molar-refractivity contribution in [2.24, 2.45) is 5.92 Å². The highest BCUT2D eigenvalue weighted by atomic mass is 16.2. The predicted molar refractivity (Wildman–Crippen MR) is 88.9 cm³/mol. The average molecular weight is 302 g/mol. The van der Waals surface area contributed by atoms with Crippen LogP contribution in [0, 0.1) is 19.8 Å². The number of aryl methyl sites for hydroxylation is 2. The number of benzene rings is 1. The molecule has 1 atom stereocenters. The standard InChI is InChI=1S/C18H26N2O2/c1-12(2)10-17(21)19-8-9-20(18(22)15(19)5)16-7-6-13(3)11-14(16)4/h6-7,11-12,15H,8-10H2,1-5H3. The molecule has 0 spiro atoms. The Morgan fingerprint density at radius 2 is 1.95 bits per heavy atom. The molecule has 1 aliphatic heterocycles. The first-order valence-electron chi connectivity index (χ1n) is 7.99. The molecule has 120 valence electrons. The number of carbonyl (C=O) groups excluding carboxylic acids is 2. The van der Waals surface area contributed by atoms with Crippen LogP contribution in [0.2, 0.25) is 0 Å². The summed E-state index contributed by atoms with van der Waals surface area (Å²) in [5, 5.41) is 0. The summed E-state index contributed by atoms with van der Waals surface area (Å²) < 4.78 is 0. The molecular formula is C18H26N2O2. The zero-order valence-corrected chi connectivity index (χ0v) is 14.2. The minimum atomic E-state index is -0.388. The van der Waals surface area contributed by atoms with Crippen LogP contribution < -0.4 is 4.90 Å². The van der Waals surface area contributed by atoms with Gasteiger partial charge in [-0.05, 0) is 38.3 Å². The van der Waals surface area contributed by atoms with Gasteiger partial charge in [-0.2, -0.15) is 0 Å². The van der Waals surface area contributed by atoms with Crippen LogP contribution in [-0.2, 0) is 9.59 Å². The van der Waals surface area contributed by atoms with Crippen molar-refractivity contribution in [2.45, 2.75) is 47.1 Å². The van der Waals surface area contributed by atoms with Gasteiger partial charge in [0.2, 0.25) is 11.8 Å². The van der Waals surface area contributed by atoms with Gasteiger partial charge in [0.05, 0.1) is 0 Å². The number of hydrogen-bond donors (Lipinski definition) is 0. The van der Waals surface area contributed by atoms with E-state index in [0.29, 0.717) is 25.4 Å². The Morgan fingerprint density at radius 1 is 1.27 bits per heavy atom. The summed E-state index contributed by atoms with van der Waals surface area (Å²) in [5.41, 5.74) is 3.24. The predicted octanol–water partition coefficient (Wildman–Crippen LogP) is 2.91. The molecule has 2 amide bonds. The van der Waals surface area contributed by atoms with E-state index in [1.54, 1.807) is 4.90 Å². The van der Waals surface area contributed by atoms with E-state index in [2.05, 4.69) is 6.07 Å². The molecule has 0 radical (unpaired) electrons. The van der Waals surface area contributed by atoms with Gasteiger partial charge in [0.25, 0.3) is 0 Å². The summed E-state index contributed by atoms with van der Waals surface area (Å²) in [7, 11) is 0. The fourth-order valence-electron chi connectivity index (χ4n) is 3.03. The lowest BCUT2D eigenvalue weighted by molar-refractivity contribution is -0.141. The molecule has 1 unspecified atom stereocenters. The molecule has 4 nitrogen and oxygen atoms in total. The van der Waals surface area contributed by atoms with E-state index in [9.17, 15) is 9.59 Å². The van der Waals surface area contributed by atoms with Crippen LogP contribution >= 0.6 is 0 Å². The molecule has 0 saturated carbocycles. The van der Waals surface area contributed by atoms with E-state index in [4.69, 9.17) is 0 Å². The van der Waals surface area contributed by atoms with E-state index in [0.717, 1.165) is 11.3 Å². The van der Waals surface area contributed by atoms with Crippen molar-refractivity contribution in [3.63, 3.8) is 0 Å². The molecule has 0 aromatic heterocycles. The van der Waals surface area contributed by atoms with Crippen LogP contribution in [0.1, 0.15) is 38.3 Å². The highest BCUT2D eigenvalue weighted by Crippen LogP contribution is 2.25. The Labute approximate surface area is 133 Å². The molecule has 1 heterocycles. The quantitative estimate of drug-likeness (QED) is 0.861. The summed E-state index contributed by atoms with van der Waals surface area (Å²) in [4.78, 5) is 28.5. The molecule has 22 heavy (non-hydrogen) atoms. The second kappa shape index (κ2) is 6.51. The van der Waals surface area contributed by atoms with Crippen molar-refractivity contribution in [2.75, 3.05) is 18.0 Å². The van der Waals surface area contributed by atoms with Gasteiger partial charge < -0.3 is 9.80 Å². The molecule has 1 saturated heterocycles. The van der Waals surface area contributed by atoms with Crippen molar-refractivity contribution in [3.05, 3.63) is 29.3 Å². The molecule has 1 aromatic carbocycles. The van der Waals surface area contributed by atoms with Crippen LogP contribution in [-0.4, -0.2) is 35.8 Å². The smallest absolute Gasteiger partial charge is 0.249 e. The number of amides is 2. The Balaban J connectivity index is 2.17. The lowest BCUT2D eigenvalue weighted by atomic mass is 10.0. The monoisotopic (exact) mass is 302 g/mol. The molecule has 0 bridgehead atoms. The summed E-state index contributed by atoms with van der Waals surface area (Å²) in [5.74, 6) is 0.401. The van der Waals surface area contributed by atoms with Crippen molar-refractivity contribution >= 4 is 17.5 Å². The maximum Gasteiger partial charge on any atom is 0.249 e. The third-order valence-electron chi connectivity index (χ3n) is 4.20. The zero-order valence-electron chi connectivity index (χ0n) is 14.2. The first kappa shape index (κ1) is 16.5. The number of hydrogen-bond acceptors (Lipinski definition) is 2. The van der Waals surface area contributed by atoms with Crippen LogP contribution in [0.25, 0.3) is 0 Å². The second-order valence-corrected chi connectivity index (χ2v) is 6.64. The van der Waals surface area contributed by atoms with Gasteiger partial charge in [0.1, 0.15) is 6.04 Å². The largest absolute Gasteiger partial charge is 0.329 e. The van der Waals surface area contributed by atoms with Crippen LogP contribution in [0.5, 0.6) is 0 Å². The Morgan fingerprint density at radius 3 is 2.55 bits per heavy atom. The van der Waals surface area contributed by atoms with Gasteiger partial charge in [-0.15, -0.1) is 0 Å². The fourth-order valence-corrected chi connectivity index (χ4v) is 3.03. The summed E-state index contributed by atoms with van der Waals surface area (Å²) in [6.07, 6.45) is 0.501. The van der Waals surface area contributed by atoms with Gasteiger partial charge in [-0.25, -0.2) is 0 Å². The zero-order chi connectivity index (χ0) is 16.4. The van der Waals surface area contributed by atoms with Crippen molar-refractivity contribution in [1.29, 1.82) is 0 Å². The van der Waals surface area contributed by atoms with Gasteiger partial charge in [-0.1, -0.05) is 31.5 Å². The van der Waals surface area contributed by atoms with Gasteiger partial charge in [-0.3, -0.25) is 9.59 Å². The number of carbonyl (C=O) groups is 2. The third kappa shape index (κ3) is 3.32. The average Bonchev–Trinajstić information content (AvgIpc) is 2.41. The minimum absolute atomic E-state index is 0.00955. The summed E-state index contributed by atoms with van der Waals surface area (Å²) in [6.45, 7) is 11.1. The van der Waals surface area contributed by atoms with E-state index in [1.807, 2.05) is 51.7 Å². The number of nitrogens with zero attached hydrogens (tertiary/aromatic N) is 2. The Bertz CT molecular complexity index is 580. The van der Waals surface area contributed by atoms with E-state index in [1.165, 1.54) is 5.56 Å². The molecule has 2 rings (SSSR count). The molecule has 0 N–H and O–H groups in total. The second-order valence-electron chi connectivity index (χ2n) is 6.64. The van der Waals surface area contributed by atoms with Gasteiger partial charge >= 0.3 is 0 Å².